The van der Waals surface area contributed by atoms with Crippen molar-refractivity contribution in [3.8, 4) is 0 Å². The molecule has 2 atom stereocenters. The molecule has 0 spiro atoms. The van der Waals surface area contributed by atoms with Crippen molar-refractivity contribution in [1.82, 2.24) is 9.88 Å². The summed E-state index contributed by atoms with van der Waals surface area (Å²) in [6, 6.07) is 4.08. The number of methoxy groups -OCH3 is 1. The monoisotopic (exact) mass is 264 g/mol. The van der Waals surface area contributed by atoms with Crippen LogP contribution in [-0.2, 0) is 17.7 Å². The number of ether oxygens (including phenoxy) is 1. The summed E-state index contributed by atoms with van der Waals surface area (Å²) in [5.74, 6) is 0. The summed E-state index contributed by atoms with van der Waals surface area (Å²) in [6.45, 7) is 5.71. The quantitative estimate of drug-likeness (QED) is 0.883. The van der Waals surface area contributed by atoms with E-state index in [1.165, 1.54) is 11.3 Å². The zero-order chi connectivity index (χ0) is 13.8. The number of pyridine rings is 1. The lowest BCUT2D eigenvalue weighted by atomic mass is 9.90. The maximum absolute atomic E-state index is 12.1. The average Bonchev–Trinajstić information content (AvgIpc) is 2.42. The Kier molecular flexibility index (Phi) is 4.77. The van der Waals surface area contributed by atoms with Gasteiger partial charge in [-0.2, -0.15) is 0 Å². The molecule has 0 aromatic carbocycles. The molecule has 0 fully saturated rings. The average molecular weight is 264 g/mol. The normalized spacial score (nSPS) is 20.1. The van der Waals surface area contributed by atoms with Gasteiger partial charge in [0.25, 0.3) is 5.56 Å². The van der Waals surface area contributed by atoms with E-state index >= 15 is 0 Å². The van der Waals surface area contributed by atoms with Gasteiger partial charge in [0, 0.05) is 24.9 Å². The molecule has 106 valence electrons. The predicted molar refractivity (Wildman–Crippen MR) is 76.5 cm³/mol. The molecule has 0 saturated heterocycles. The summed E-state index contributed by atoms with van der Waals surface area (Å²) in [7, 11) is 1.69. The lowest BCUT2D eigenvalue weighted by Gasteiger charge is -2.29. The zero-order valence-electron chi connectivity index (χ0n) is 12.1. The first kappa shape index (κ1) is 14.3. The van der Waals surface area contributed by atoms with Crippen molar-refractivity contribution >= 4 is 0 Å². The van der Waals surface area contributed by atoms with E-state index in [0.717, 1.165) is 25.8 Å². The van der Waals surface area contributed by atoms with Gasteiger partial charge in [0.1, 0.15) is 0 Å². The highest BCUT2D eigenvalue weighted by Gasteiger charge is 2.22. The standard InChI is InChI=1S/C15H24N2O2/c1-4-16-13-6-5-7-14-12(13)8-9-15(18)17(14)10-11(2)19-3/h8-9,11,13,16H,4-7,10H2,1-3H3. The lowest BCUT2D eigenvalue weighted by molar-refractivity contribution is 0.101. The van der Waals surface area contributed by atoms with Gasteiger partial charge in [-0.25, -0.2) is 0 Å². The van der Waals surface area contributed by atoms with Crippen molar-refractivity contribution in [1.29, 1.82) is 0 Å². The SMILES string of the molecule is CCNC1CCCc2c1ccc(=O)n2CC(C)OC. The fourth-order valence-electron chi connectivity index (χ4n) is 2.85. The minimum absolute atomic E-state index is 0.0590. The second kappa shape index (κ2) is 6.35. The van der Waals surface area contributed by atoms with Gasteiger partial charge in [0.2, 0.25) is 0 Å². The van der Waals surface area contributed by atoms with Crippen LogP contribution in [0.3, 0.4) is 0 Å². The summed E-state index contributed by atoms with van der Waals surface area (Å²) >= 11 is 0. The molecular formula is C15H24N2O2. The van der Waals surface area contributed by atoms with Gasteiger partial charge in [0.15, 0.2) is 0 Å². The molecule has 0 saturated carbocycles. The van der Waals surface area contributed by atoms with Crippen molar-refractivity contribution in [3.63, 3.8) is 0 Å². The molecule has 2 rings (SSSR count). The van der Waals surface area contributed by atoms with Crippen molar-refractivity contribution < 1.29 is 4.74 Å². The van der Waals surface area contributed by atoms with Gasteiger partial charge in [-0.3, -0.25) is 4.79 Å². The second-order valence-electron chi connectivity index (χ2n) is 5.23. The predicted octanol–water partition coefficient (Wildman–Crippen LogP) is 1.87. The van der Waals surface area contributed by atoms with Crippen LogP contribution in [-0.4, -0.2) is 24.3 Å². The number of hydrogen-bond donors (Lipinski definition) is 1. The highest BCUT2D eigenvalue weighted by atomic mass is 16.5. The third kappa shape index (κ3) is 3.07. The molecule has 1 heterocycles. The van der Waals surface area contributed by atoms with E-state index in [0.29, 0.717) is 12.6 Å². The number of fused-ring (bicyclic) bond motifs is 1. The Bertz CT molecular complexity index is 482. The molecule has 1 aromatic heterocycles. The Morgan fingerprint density at radius 1 is 1.53 bits per heavy atom. The maximum atomic E-state index is 12.1. The van der Waals surface area contributed by atoms with Gasteiger partial charge >= 0.3 is 0 Å². The fraction of sp³-hybridized carbons (Fsp3) is 0.667. The van der Waals surface area contributed by atoms with E-state index in [-0.39, 0.29) is 11.7 Å². The Labute approximate surface area is 114 Å². The first-order valence-electron chi connectivity index (χ1n) is 7.16. The van der Waals surface area contributed by atoms with Crippen LogP contribution in [0.2, 0.25) is 0 Å². The molecule has 1 aromatic rings. The highest BCUT2D eigenvalue weighted by Crippen LogP contribution is 2.28. The maximum Gasteiger partial charge on any atom is 0.250 e. The van der Waals surface area contributed by atoms with Crippen molar-refractivity contribution in [2.24, 2.45) is 0 Å². The van der Waals surface area contributed by atoms with E-state index in [2.05, 4.69) is 12.2 Å². The van der Waals surface area contributed by atoms with E-state index in [1.54, 1.807) is 13.2 Å². The number of nitrogens with one attached hydrogen (secondary N) is 1. The summed E-state index contributed by atoms with van der Waals surface area (Å²) in [4.78, 5) is 12.1. The zero-order valence-corrected chi connectivity index (χ0v) is 12.1. The second-order valence-corrected chi connectivity index (χ2v) is 5.23. The van der Waals surface area contributed by atoms with E-state index in [1.807, 2.05) is 17.6 Å². The summed E-state index contributed by atoms with van der Waals surface area (Å²) < 4.78 is 7.19. The third-order valence-electron chi connectivity index (χ3n) is 3.90. The van der Waals surface area contributed by atoms with Gasteiger partial charge in [-0.15, -0.1) is 0 Å². The Morgan fingerprint density at radius 2 is 2.32 bits per heavy atom. The van der Waals surface area contributed by atoms with Crippen LogP contribution in [0.1, 0.15) is 44.0 Å². The topological polar surface area (TPSA) is 43.3 Å². The largest absolute Gasteiger partial charge is 0.380 e. The van der Waals surface area contributed by atoms with Gasteiger partial charge in [-0.05, 0) is 38.3 Å². The first-order chi connectivity index (χ1) is 9.17. The Morgan fingerprint density at radius 3 is 3.00 bits per heavy atom. The summed E-state index contributed by atoms with van der Waals surface area (Å²) in [5.41, 5.74) is 2.56. The van der Waals surface area contributed by atoms with Crippen LogP contribution in [0.25, 0.3) is 0 Å². The number of hydrogen-bond acceptors (Lipinski definition) is 3. The Hall–Kier alpha value is -1.13. The molecule has 1 aliphatic rings. The molecule has 1 aliphatic carbocycles. The fourth-order valence-corrected chi connectivity index (χ4v) is 2.85. The minimum atomic E-state index is 0.0590. The molecule has 4 heteroatoms. The molecule has 0 aliphatic heterocycles. The van der Waals surface area contributed by atoms with E-state index in [9.17, 15) is 4.79 Å². The van der Waals surface area contributed by atoms with Crippen molar-refractivity contribution in [2.75, 3.05) is 13.7 Å². The summed E-state index contributed by atoms with van der Waals surface area (Å²) in [6.07, 6.45) is 3.33. The molecule has 1 N–H and O–H groups in total. The molecule has 0 bridgehead atoms. The lowest BCUT2D eigenvalue weighted by Crippen LogP contribution is -2.34. The van der Waals surface area contributed by atoms with Gasteiger partial charge < -0.3 is 14.6 Å². The van der Waals surface area contributed by atoms with Crippen LogP contribution < -0.4 is 10.9 Å². The smallest absolute Gasteiger partial charge is 0.250 e. The van der Waals surface area contributed by atoms with Crippen LogP contribution >= 0.6 is 0 Å². The molecule has 19 heavy (non-hydrogen) atoms. The number of nitrogens with zero attached hydrogens (tertiary/aromatic N) is 1. The van der Waals surface area contributed by atoms with Crippen molar-refractivity contribution in [3.05, 3.63) is 33.7 Å². The first-order valence-corrected chi connectivity index (χ1v) is 7.16. The third-order valence-corrected chi connectivity index (χ3v) is 3.90. The number of aromatic nitrogens is 1. The summed E-state index contributed by atoms with van der Waals surface area (Å²) in [5, 5.41) is 3.51. The Balaban J connectivity index is 2.38. The highest BCUT2D eigenvalue weighted by molar-refractivity contribution is 5.27. The molecule has 4 nitrogen and oxygen atoms in total. The van der Waals surface area contributed by atoms with Gasteiger partial charge in [0.05, 0.1) is 12.6 Å². The van der Waals surface area contributed by atoms with Gasteiger partial charge in [-0.1, -0.05) is 13.0 Å². The molecule has 0 amide bonds. The number of rotatable bonds is 5. The van der Waals surface area contributed by atoms with Crippen LogP contribution in [0.15, 0.2) is 16.9 Å². The molecular weight excluding hydrogens is 240 g/mol. The molecule has 0 radical (unpaired) electrons. The molecule has 2 unspecified atom stereocenters. The van der Waals surface area contributed by atoms with E-state index < -0.39 is 0 Å². The van der Waals surface area contributed by atoms with Crippen LogP contribution in [0, 0.1) is 0 Å². The minimum Gasteiger partial charge on any atom is -0.380 e. The van der Waals surface area contributed by atoms with Crippen LogP contribution in [0.5, 0.6) is 0 Å². The van der Waals surface area contributed by atoms with Crippen LogP contribution in [0.4, 0.5) is 0 Å². The van der Waals surface area contributed by atoms with E-state index in [4.69, 9.17) is 4.74 Å². The van der Waals surface area contributed by atoms with Crippen molar-refractivity contribution in [2.45, 2.75) is 51.8 Å².